The number of phosphoric ester groups is 2. The van der Waals surface area contributed by atoms with Crippen molar-refractivity contribution in [2.75, 3.05) is 39.6 Å². The number of phosphoric acid groups is 2. The Hall–Kier alpha value is -5.58. The molecule has 0 amide bonds. The molecule has 5 unspecified atom stereocenters. The van der Waals surface area contributed by atoms with Crippen LogP contribution in [0.15, 0.2) is 170 Å². The summed E-state index contributed by atoms with van der Waals surface area (Å²) in [5.41, 5.74) is 0. The highest BCUT2D eigenvalue weighted by Crippen LogP contribution is 2.45. The first kappa shape index (κ1) is 100. The second-order valence-electron chi connectivity index (χ2n) is 26.2. The molecule has 106 heavy (non-hydrogen) atoms. The lowest BCUT2D eigenvalue weighted by atomic mass is 10.1. The second kappa shape index (κ2) is 77.6. The Morgan fingerprint density at radius 2 is 0.472 bits per heavy atom. The molecule has 0 fully saturated rings. The minimum atomic E-state index is -5.00. The van der Waals surface area contributed by atoms with Crippen molar-refractivity contribution in [3.8, 4) is 0 Å². The number of aliphatic hydroxyl groups excluding tert-OH is 1. The molecule has 0 aromatic heterocycles. The minimum Gasteiger partial charge on any atom is -0.462 e. The monoisotopic (exact) mass is 1520 g/mol. The van der Waals surface area contributed by atoms with Gasteiger partial charge in [0.05, 0.1) is 26.4 Å². The maximum Gasteiger partial charge on any atom is 0.472 e. The third kappa shape index (κ3) is 76.6. The molecule has 0 aliphatic heterocycles. The third-order valence-corrected chi connectivity index (χ3v) is 18.1. The van der Waals surface area contributed by atoms with Crippen LogP contribution in [0.5, 0.6) is 0 Å². The molecule has 0 aliphatic carbocycles. The molecule has 0 aromatic rings. The Morgan fingerprint density at radius 3 is 0.745 bits per heavy atom. The highest BCUT2D eigenvalue weighted by molar-refractivity contribution is 7.47. The molecule has 17 nitrogen and oxygen atoms in total. The number of aliphatic hydroxyl groups is 1. The SMILES string of the molecule is CC/C=C\C/C=C\C/C=C\C/C=C\C/C=C\CCCC(=O)OCC(COP(=O)(O)OCC(O)COP(=O)(O)OCC(COC(=O)CCCCCCCCC/C=C\C/C=C\C/C=C\CC)OC(=O)CCCCCCCCC/C=C\C/C=C\C/C=C\CC)OC(=O)CCCCCCC/C=C\C/C=C\C/C=C\CC. The quantitative estimate of drug-likeness (QED) is 0.0169. The molecular formula is C87H142O17P2. The van der Waals surface area contributed by atoms with E-state index in [0.717, 1.165) is 212 Å². The van der Waals surface area contributed by atoms with Gasteiger partial charge in [0.25, 0.3) is 0 Å². The van der Waals surface area contributed by atoms with E-state index in [0.29, 0.717) is 32.1 Å². The van der Waals surface area contributed by atoms with Gasteiger partial charge in [-0.2, -0.15) is 0 Å². The topological polar surface area (TPSA) is 237 Å². The van der Waals surface area contributed by atoms with E-state index in [1.54, 1.807) is 0 Å². The Balaban J connectivity index is 5.46. The number of esters is 4. The van der Waals surface area contributed by atoms with Crippen LogP contribution in [0, 0.1) is 0 Å². The van der Waals surface area contributed by atoms with Gasteiger partial charge >= 0.3 is 39.5 Å². The number of hydrogen-bond donors (Lipinski definition) is 3. The number of rotatable bonds is 74. The lowest BCUT2D eigenvalue weighted by molar-refractivity contribution is -0.161. The summed E-state index contributed by atoms with van der Waals surface area (Å²) in [5, 5.41) is 10.7. The van der Waals surface area contributed by atoms with E-state index in [1.807, 2.05) is 12.2 Å². The van der Waals surface area contributed by atoms with Crippen molar-refractivity contribution in [2.45, 2.75) is 316 Å². The van der Waals surface area contributed by atoms with Crippen molar-refractivity contribution < 1.29 is 80.2 Å². The predicted molar refractivity (Wildman–Crippen MR) is 436 cm³/mol. The zero-order valence-corrected chi connectivity index (χ0v) is 67.6. The van der Waals surface area contributed by atoms with Crippen LogP contribution >= 0.6 is 15.6 Å². The number of ether oxygens (including phenoxy) is 4. The molecule has 0 saturated heterocycles. The molecule has 0 aliphatic rings. The van der Waals surface area contributed by atoms with Crippen LogP contribution in [0.1, 0.15) is 297 Å². The number of hydrogen-bond acceptors (Lipinski definition) is 15. The Kier molecular flexibility index (Phi) is 73.5. The average molecular weight is 1520 g/mol. The van der Waals surface area contributed by atoms with Crippen LogP contribution in [0.3, 0.4) is 0 Å². The highest BCUT2D eigenvalue weighted by atomic mass is 31.2. The number of allylic oxidation sites excluding steroid dienone is 28. The zero-order chi connectivity index (χ0) is 77.4. The average Bonchev–Trinajstić information content (AvgIpc) is 0.901. The first-order valence-electron chi connectivity index (χ1n) is 40.4. The fourth-order valence-corrected chi connectivity index (χ4v) is 11.8. The molecule has 0 bridgehead atoms. The van der Waals surface area contributed by atoms with Gasteiger partial charge in [0.1, 0.15) is 19.3 Å². The van der Waals surface area contributed by atoms with E-state index in [9.17, 15) is 43.2 Å². The van der Waals surface area contributed by atoms with Gasteiger partial charge in [-0.15, -0.1) is 0 Å². The molecule has 0 saturated carbocycles. The summed E-state index contributed by atoms with van der Waals surface area (Å²) in [6.07, 6.45) is 91.9. The van der Waals surface area contributed by atoms with Gasteiger partial charge in [-0.25, -0.2) is 9.13 Å². The molecule has 0 radical (unpaired) electrons. The Bertz CT molecular complexity index is 2680. The van der Waals surface area contributed by atoms with Crippen LogP contribution in [-0.2, 0) is 65.4 Å². The van der Waals surface area contributed by atoms with Gasteiger partial charge in [-0.1, -0.05) is 281 Å². The van der Waals surface area contributed by atoms with Crippen molar-refractivity contribution in [3.05, 3.63) is 170 Å². The number of carbonyl (C=O) groups is 4. The molecule has 5 atom stereocenters. The van der Waals surface area contributed by atoms with Crippen molar-refractivity contribution in [2.24, 2.45) is 0 Å². The van der Waals surface area contributed by atoms with Crippen LogP contribution < -0.4 is 0 Å². The van der Waals surface area contributed by atoms with Gasteiger partial charge in [0.15, 0.2) is 12.2 Å². The van der Waals surface area contributed by atoms with Gasteiger partial charge in [-0.05, 0) is 161 Å². The molecule has 0 spiro atoms. The first-order valence-corrected chi connectivity index (χ1v) is 43.4. The van der Waals surface area contributed by atoms with Gasteiger partial charge in [0.2, 0.25) is 0 Å². The molecule has 0 aromatic carbocycles. The minimum absolute atomic E-state index is 0.0573. The predicted octanol–water partition coefficient (Wildman–Crippen LogP) is 23.8. The van der Waals surface area contributed by atoms with Gasteiger partial charge in [0, 0.05) is 25.7 Å². The van der Waals surface area contributed by atoms with Crippen molar-refractivity contribution in [1.82, 2.24) is 0 Å². The molecule has 0 rings (SSSR count). The summed E-state index contributed by atoms with van der Waals surface area (Å²) in [6.45, 7) is 4.32. The molecule has 3 N–H and O–H groups in total. The lowest BCUT2D eigenvalue weighted by Gasteiger charge is -2.21. The summed E-state index contributed by atoms with van der Waals surface area (Å²) in [5.74, 6) is -2.29. The van der Waals surface area contributed by atoms with Crippen molar-refractivity contribution in [3.63, 3.8) is 0 Å². The van der Waals surface area contributed by atoms with Crippen LogP contribution in [0.4, 0.5) is 0 Å². The van der Waals surface area contributed by atoms with E-state index in [2.05, 4.69) is 186 Å². The van der Waals surface area contributed by atoms with Gasteiger partial charge in [-0.3, -0.25) is 37.3 Å². The molecule has 19 heteroatoms. The molecular weight excluding hydrogens is 1380 g/mol. The van der Waals surface area contributed by atoms with E-state index < -0.39 is 97.5 Å². The van der Waals surface area contributed by atoms with Crippen molar-refractivity contribution in [1.29, 1.82) is 0 Å². The molecule has 602 valence electrons. The fourth-order valence-electron chi connectivity index (χ4n) is 10.2. The fraction of sp³-hybridized carbons (Fsp3) is 0.632. The summed E-state index contributed by atoms with van der Waals surface area (Å²) in [6, 6.07) is 0. The van der Waals surface area contributed by atoms with E-state index >= 15 is 0 Å². The first-order chi connectivity index (χ1) is 51.7. The van der Waals surface area contributed by atoms with Crippen LogP contribution in [0.25, 0.3) is 0 Å². The standard InChI is InChI=1S/C87H142O17P2/c1-5-9-13-17-21-25-29-33-37-40-44-47-51-55-59-63-67-71-84(89)97-77-82(103-86(91)73-69-65-61-57-53-49-43-36-32-28-24-20-16-12-8-4)79-101-105(93,94)99-75-81(88)76-100-106(95,96)102-80-83(104-87(92)74-70-66-62-58-54-50-46-42-39-35-31-27-23-19-15-11-7-3)78-98-85(90)72-68-64-60-56-52-48-45-41-38-34-30-26-22-18-14-10-6-2/h9-16,21-28,33-39,43-44,47,55,59,81-83,88H,5-8,17-20,29-32,40-42,45-46,48-54,56-58,60-80H2,1-4H3,(H,93,94)(H,95,96)/b13-9-,14-10-,15-11-,16-12-,25-21-,26-22-,27-23-,28-24-,37-33-,38-34-,39-35-,43-36-,47-44-,59-55-. The van der Waals surface area contributed by atoms with E-state index in [1.165, 1.54) is 0 Å². The summed E-state index contributed by atoms with van der Waals surface area (Å²) >= 11 is 0. The maximum absolute atomic E-state index is 13.1. The smallest absolute Gasteiger partial charge is 0.462 e. The summed E-state index contributed by atoms with van der Waals surface area (Å²) in [7, 11) is -10.0. The number of carbonyl (C=O) groups excluding carboxylic acids is 4. The molecule has 0 heterocycles. The maximum atomic E-state index is 13.1. The van der Waals surface area contributed by atoms with Crippen LogP contribution in [-0.4, -0.2) is 96.7 Å². The Morgan fingerprint density at radius 1 is 0.264 bits per heavy atom. The largest absolute Gasteiger partial charge is 0.472 e. The van der Waals surface area contributed by atoms with E-state index in [-0.39, 0.29) is 25.7 Å². The second-order valence-corrected chi connectivity index (χ2v) is 29.1. The lowest BCUT2D eigenvalue weighted by Crippen LogP contribution is -2.30. The van der Waals surface area contributed by atoms with Crippen LogP contribution in [0.2, 0.25) is 0 Å². The summed E-state index contributed by atoms with van der Waals surface area (Å²) < 4.78 is 68.6. The summed E-state index contributed by atoms with van der Waals surface area (Å²) in [4.78, 5) is 73.1. The zero-order valence-electron chi connectivity index (χ0n) is 65.8. The third-order valence-electron chi connectivity index (χ3n) is 16.2. The van der Waals surface area contributed by atoms with Crippen molar-refractivity contribution >= 4 is 39.5 Å². The van der Waals surface area contributed by atoms with E-state index in [4.69, 9.17) is 37.0 Å². The van der Waals surface area contributed by atoms with Gasteiger partial charge < -0.3 is 33.8 Å². The normalized spacial score (nSPS) is 14.7. The Labute approximate surface area is 642 Å². The number of unbranched alkanes of at least 4 members (excludes halogenated alkanes) is 20. The highest BCUT2D eigenvalue weighted by Gasteiger charge is 2.30.